The smallest absolute Gasteiger partial charge is 0.291 e. The van der Waals surface area contributed by atoms with Gasteiger partial charge in [-0.15, -0.1) is 0 Å². The summed E-state index contributed by atoms with van der Waals surface area (Å²) in [6.07, 6.45) is 1.54. The Morgan fingerprint density at radius 1 is 1.00 bits per heavy atom. The number of amides is 2. The lowest BCUT2D eigenvalue weighted by Crippen LogP contribution is -2.44. The van der Waals surface area contributed by atoms with E-state index in [0.29, 0.717) is 12.2 Å². The summed E-state index contributed by atoms with van der Waals surface area (Å²) in [7, 11) is 0. The lowest BCUT2D eigenvalue weighted by atomic mass is 9.94. The van der Waals surface area contributed by atoms with Gasteiger partial charge in [-0.1, -0.05) is 79.2 Å². The number of rotatable bonds is 6. The van der Waals surface area contributed by atoms with Gasteiger partial charge >= 0.3 is 0 Å². The Morgan fingerprint density at radius 2 is 1.67 bits per heavy atom. The normalized spacial score (nSPS) is 11.6. The van der Waals surface area contributed by atoms with E-state index in [2.05, 4.69) is 16.0 Å². The Labute approximate surface area is 157 Å². The zero-order valence-corrected chi connectivity index (χ0v) is 15.0. The molecule has 3 aromatic rings. The quantitative estimate of drug-likeness (QED) is 0.654. The number of nitrogens with zero attached hydrogens (tertiary/aromatic N) is 1. The van der Waals surface area contributed by atoms with Crippen LogP contribution in [0.15, 0.2) is 71.3 Å². The number of hydrogen-bond donors (Lipinski definition) is 2. The van der Waals surface area contributed by atoms with Gasteiger partial charge in [0.15, 0.2) is 11.5 Å². The van der Waals surface area contributed by atoms with E-state index in [4.69, 9.17) is 4.52 Å². The molecule has 2 amide bonds. The molecule has 0 aliphatic carbocycles. The zero-order chi connectivity index (χ0) is 19.1. The van der Waals surface area contributed by atoms with Crippen LogP contribution in [-0.2, 0) is 4.79 Å². The summed E-state index contributed by atoms with van der Waals surface area (Å²) in [6, 6.07) is 20.4. The first-order valence-electron chi connectivity index (χ1n) is 8.86. The molecule has 2 N–H and O–H groups in total. The van der Waals surface area contributed by atoms with Crippen molar-refractivity contribution in [2.24, 2.45) is 0 Å². The van der Waals surface area contributed by atoms with Crippen LogP contribution in [-0.4, -0.2) is 17.0 Å². The van der Waals surface area contributed by atoms with Crippen molar-refractivity contribution in [2.45, 2.75) is 25.7 Å². The van der Waals surface area contributed by atoms with Gasteiger partial charge in [0.25, 0.3) is 5.91 Å². The number of nitrogens with one attached hydrogen (secondary N) is 2. The topological polar surface area (TPSA) is 84.2 Å². The van der Waals surface area contributed by atoms with Crippen molar-refractivity contribution in [1.29, 1.82) is 0 Å². The predicted molar refractivity (Wildman–Crippen MR) is 102 cm³/mol. The maximum Gasteiger partial charge on any atom is 0.291 e. The molecule has 3 rings (SSSR count). The SMILES string of the molecule is CCC[C@H](C(=O)NNC(=O)c1cc(-c2ccccc2)on1)c1ccccc1. The van der Waals surface area contributed by atoms with E-state index in [0.717, 1.165) is 17.5 Å². The highest BCUT2D eigenvalue weighted by Gasteiger charge is 2.21. The van der Waals surface area contributed by atoms with E-state index < -0.39 is 5.91 Å². The molecule has 0 radical (unpaired) electrons. The minimum Gasteiger partial charge on any atom is -0.355 e. The molecule has 0 aliphatic heterocycles. The molecule has 1 aromatic heterocycles. The average molecular weight is 363 g/mol. The predicted octanol–water partition coefficient (Wildman–Crippen LogP) is 3.69. The second-order valence-corrected chi connectivity index (χ2v) is 6.14. The summed E-state index contributed by atoms with van der Waals surface area (Å²) in [5, 5.41) is 3.77. The highest BCUT2D eigenvalue weighted by molar-refractivity contribution is 5.95. The molecule has 138 valence electrons. The second kappa shape index (κ2) is 8.80. The average Bonchev–Trinajstić information content (AvgIpc) is 3.22. The van der Waals surface area contributed by atoms with E-state index in [9.17, 15) is 9.59 Å². The van der Waals surface area contributed by atoms with Crippen molar-refractivity contribution in [1.82, 2.24) is 16.0 Å². The molecule has 27 heavy (non-hydrogen) atoms. The molecule has 0 spiro atoms. The van der Waals surface area contributed by atoms with Crippen molar-refractivity contribution in [3.8, 4) is 11.3 Å². The summed E-state index contributed by atoms with van der Waals surface area (Å²) in [5.74, 6) is -0.630. The standard InChI is InChI=1S/C21H21N3O3/c1-2-9-17(15-10-5-3-6-11-15)20(25)22-23-21(26)18-14-19(27-24-18)16-12-7-4-8-13-16/h3-8,10-14,17H,2,9H2,1H3,(H,22,25)(H,23,26)/t17-/m0/s1. The molecule has 2 aromatic carbocycles. The van der Waals surface area contributed by atoms with Crippen LogP contribution in [0, 0.1) is 0 Å². The van der Waals surface area contributed by atoms with Crippen LogP contribution in [0.5, 0.6) is 0 Å². The summed E-state index contributed by atoms with van der Waals surface area (Å²) in [5.41, 5.74) is 6.74. The minimum atomic E-state index is -0.530. The van der Waals surface area contributed by atoms with Gasteiger partial charge in [-0.2, -0.15) is 0 Å². The Bertz CT molecular complexity index is 891. The Kier molecular flexibility index (Phi) is 5.99. The minimum absolute atomic E-state index is 0.0981. The Balaban J connectivity index is 1.63. The largest absolute Gasteiger partial charge is 0.355 e. The molecule has 0 aliphatic rings. The molecule has 0 unspecified atom stereocenters. The number of aromatic nitrogens is 1. The van der Waals surface area contributed by atoms with Gasteiger partial charge in [-0.3, -0.25) is 20.4 Å². The Hall–Kier alpha value is -3.41. The fraction of sp³-hybridized carbons (Fsp3) is 0.190. The van der Waals surface area contributed by atoms with Crippen molar-refractivity contribution in [3.63, 3.8) is 0 Å². The number of carbonyl (C=O) groups excluding carboxylic acids is 2. The molecule has 0 fully saturated rings. The number of hydrazine groups is 1. The van der Waals surface area contributed by atoms with Crippen molar-refractivity contribution in [2.75, 3.05) is 0 Å². The van der Waals surface area contributed by atoms with Crippen LogP contribution in [0.4, 0.5) is 0 Å². The lowest BCUT2D eigenvalue weighted by molar-refractivity contribution is -0.123. The molecular weight excluding hydrogens is 342 g/mol. The fourth-order valence-electron chi connectivity index (χ4n) is 2.81. The molecular formula is C21H21N3O3. The monoisotopic (exact) mass is 363 g/mol. The van der Waals surface area contributed by atoms with Crippen LogP contribution in [0.25, 0.3) is 11.3 Å². The highest BCUT2D eigenvalue weighted by atomic mass is 16.5. The van der Waals surface area contributed by atoms with Gasteiger partial charge in [0.1, 0.15) is 0 Å². The third-order valence-electron chi connectivity index (χ3n) is 4.20. The first-order chi connectivity index (χ1) is 13.2. The van der Waals surface area contributed by atoms with Crippen LogP contribution in [0.3, 0.4) is 0 Å². The maximum atomic E-state index is 12.5. The summed E-state index contributed by atoms with van der Waals surface area (Å²) in [6.45, 7) is 2.02. The molecule has 1 atom stereocenters. The fourth-order valence-corrected chi connectivity index (χ4v) is 2.81. The van der Waals surface area contributed by atoms with Gasteiger partial charge in [0.2, 0.25) is 5.91 Å². The molecule has 1 heterocycles. The van der Waals surface area contributed by atoms with Gasteiger partial charge in [-0.05, 0) is 12.0 Å². The zero-order valence-electron chi connectivity index (χ0n) is 15.0. The number of benzene rings is 2. The van der Waals surface area contributed by atoms with Gasteiger partial charge in [0.05, 0.1) is 5.92 Å². The molecule has 6 heteroatoms. The molecule has 6 nitrogen and oxygen atoms in total. The third-order valence-corrected chi connectivity index (χ3v) is 4.20. The maximum absolute atomic E-state index is 12.5. The van der Waals surface area contributed by atoms with Crippen LogP contribution < -0.4 is 10.9 Å². The highest BCUT2D eigenvalue weighted by Crippen LogP contribution is 2.21. The second-order valence-electron chi connectivity index (χ2n) is 6.14. The lowest BCUT2D eigenvalue weighted by Gasteiger charge is -2.16. The van der Waals surface area contributed by atoms with Crippen molar-refractivity contribution in [3.05, 3.63) is 78.0 Å². The van der Waals surface area contributed by atoms with Gasteiger partial charge < -0.3 is 4.52 Å². The van der Waals surface area contributed by atoms with E-state index in [1.165, 1.54) is 6.07 Å². The van der Waals surface area contributed by atoms with E-state index in [1.54, 1.807) is 0 Å². The van der Waals surface area contributed by atoms with Gasteiger partial charge in [-0.25, -0.2) is 0 Å². The van der Waals surface area contributed by atoms with Crippen LogP contribution >= 0.6 is 0 Å². The van der Waals surface area contributed by atoms with E-state index in [1.807, 2.05) is 67.6 Å². The third kappa shape index (κ3) is 4.61. The van der Waals surface area contributed by atoms with Gasteiger partial charge in [0, 0.05) is 11.6 Å². The molecule has 0 saturated heterocycles. The molecule has 0 bridgehead atoms. The summed E-state index contributed by atoms with van der Waals surface area (Å²) < 4.78 is 5.21. The molecule has 0 saturated carbocycles. The Morgan fingerprint density at radius 3 is 2.33 bits per heavy atom. The number of hydrogen-bond acceptors (Lipinski definition) is 4. The first kappa shape index (κ1) is 18.4. The van der Waals surface area contributed by atoms with Crippen LogP contribution in [0.2, 0.25) is 0 Å². The first-order valence-corrected chi connectivity index (χ1v) is 8.86. The number of carbonyl (C=O) groups is 2. The van der Waals surface area contributed by atoms with Crippen LogP contribution in [0.1, 0.15) is 41.7 Å². The van der Waals surface area contributed by atoms with Crippen molar-refractivity contribution < 1.29 is 14.1 Å². The van der Waals surface area contributed by atoms with Crippen molar-refractivity contribution >= 4 is 11.8 Å². The summed E-state index contributed by atoms with van der Waals surface area (Å²) >= 11 is 0. The van der Waals surface area contributed by atoms with E-state index in [-0.39, 0.29) is 17.5 Å². The van der Waals surface area contributed by atoms with E-state index >= 15 is 0 Å². The summed E-state index contributed by atoms with van der Waals surface area (Å²) in [4.78, 5) is 24.8.